The predicted octanol–water partition coefficient (Wildman–Crippen LogP) is 4.57. The highest BCUT2D eigenvalue weighted by Gasteiger charge is 2.44. The first-order valence-corrected chi connectivity index (χ1v) is 10.4. The third kappa shape index (κ3) is 4.20. The van der Waals surface area contributed by atoms with Crippen LogP contribution in [-0.4, -0.2) is 28.3 Å². The Bertz CT molecular complexity index is 873. The topological polar surface area (TPSA) is 62.1 Å². The van der Waals surface area contributed by atoms with Gasteiger partial charge in [-0.2, -0.15) is 10.1 Å². The number of aliphatic hydroxyl groups is 1. The number of amides is 1. The van der Waals surface area contributed by atoms with Crippen molar-refractivity contribution in [3.63, 3.8) is 0 Å². The summed E-state index contributed by atoms with van der Waals surface area (Å²) in [6.45, 7) is 1.64. The van der Waals surface area contributed by atoms with Crippen molar-refractivity contribution < 1.29 is 14.6 Å². The highest BCUT2D eigenvalue weighted by Crippen LogP contribution is 2.36. The summed E-state index contributed by atoms with van der Waals surface area (Å²) in [5.41, 5.74) is 1.24. The Labute approximate surface area is 172 Å². The van der Waals surface area contributed by atoms with E-state index < -0.39 is 5.72 Å². The van der Waals surface area contributed by atoms with E-state index in [1.807, 2.05) is 37.3 Å². The number of hydrogen-bond acceptors (Lipinski definition) is 4. The van der Waals surface area contributed by atoms with E-state index in [4.69, 9.17) is 4.74 Å². The van der Waals surface area contributed by atoms with Gasteiger partial charge in [-0.1, -0.05) is 61.7 Å². The zero-order chi connectivity index (χ0) is 20.3. The van der Waals surface area contributed by atoms with Crippen LogP contribution in [0.25, 0.3) is 0 Å². The summed E-state index contributed by atoms with van der Waals surface area (Å²) in [5.74, 6) is 0.924. The van der Waals surface area contributed by atoms with Crippen molar-refractivity contribution >= 4 is 11.6 Å². The molecule has 1 aliphatic carbocycles. The highest BCUT2D eigenvalue weighted by atomic mass is 16.5. The maximum atomic E-state index is 12.8. The van der Waals surface area contributed by atoms with Gasteiger partial charge in [0.05, 0.1) is 0 Å². The van der Waals surface area contributed by atoms with E-state index in [0.29, 0.717) is 29.4 Å². The van der Waals surface area contributed by atoms with Crippen LogP contribution < -0.4 is 4.74 Å². The van der Waals surface area contributed by atoms with Crippen LogP contribution in [0.2, 0.25) is 0 Å². The van der Waals surface area contributed by atoms with Gasteiger partial charge in [-0.3, -0.25) is 4.79 Å². The minimum atomic E-state index is -1.46. The largest absolute Gasteiger partial charge is 0.484 e. The fourth-order valence-corrected chi connectivity index (χ4v) is 4.39. The Balaban J connectivity index is 1.41. The van der Waals surface area contributed by atoms with Crippen molar-refractivity contribution in [2.45, 2.75) is 57.1 Å². The van der Waals surface area contributed by atoms with Gasteiger partial charge in [-0.25, -0.2) is 0 Å². The number of hydrazone groups is 1. The standard InChI is InChI=1S/C24H28N2O3/c1-18-16-24(28,21-10-6-3-7-11-21)26(25-18)23(27)17-29-22-14-12-20(13-15-22)19-8-4-2-5-9-19/h3,6-7,10-15,19,28H,2,4-5,8-9,16-17H2,1H3/t24-/m0/s1. The van der Waals surface area contributed by atoms with Crippen LogP contribution in [-0.2, 0) is 10.5 Å². The number of benzene rings is 2. The number of rotatable bonds is 5. The molecular weight excluding hydrogens is 364 g/mol. The van der Waals surface area contributed by atoms with Gasteiger partial charge in [0, 0.05) is 17.7 Å². The van der Waals surface area contributed by atoms with Crippen molar-refractivity contribution in [2.75, 3.05) is 6.61 Å². The molecule has 1 atom stereocenters. The van der Waals surface area contributed by atoms with E-state index in [9.17, 15) is 9.90 Å². The molecule has 0 spiro atoms. The van der Waals surface area contributed by atoms with E-state index in [1.165, 1.54) is 37.7 Å². The Kier molecular flexibility index (Phi) is 5.67. The van der Waals surface area contributed by atoms with Crippen LogP contribution in [0, 0.1) is 0 Å². The molecule has 0 saturated heterocycles. The number of nitrogens with zero attached hydrogens (tertiary/aromatic N) is 2. The molecule has 2 aliphatic rings. The van der Waals surface area contributed by atoms with Gasteiger partial charge >= 0.3 is 0 Å². The van der Waals surface area contributed by atoms with Gasteiger partial charge in [-0.05, 0) is 43.4 Å². The molecule has 152 valence electrons. The molecular formula is C24H28N2O3. The van der Waals surface area contributed by atoms with Crippen LogP contribution in [0.4, 0.5) is 0 Å². The first kappa shape index (κ1) is 19.6. The van der Waals surface area contributed by atoms with Gasteiger partial charge in [0.25, 0.3) is 5.91 Å². The van der Waals surface area contributed by atoms with Gasteiger partial charge in [0.15, 0.2) is 12.3 Å². The molecule has 1 N–H and O–H groups in total. The Morgan fingerprint density at radius 2 is 1.79 bits per heavy atom. The SMILES string of the molecule is CC1=NN(C(=O)COc2ccc(C3CCCCC3)cc2)[C@@](O)(c2ccccc2)C1. The average molecular weight is 392 g/mol. The van der Waals surface area contributed by atoms with Gasteiger partial charge in [-0.15, -0.1) is 0 Å². The van der Waals surface area contributed by atoms with E-state index in [2.05, 4.69) is 17.2 Å². The Hall–Kier alpha value is -2.66. The second-order valence-electron chi connectivity index (χ2n) is 8.09. The molecule has 0 radical (unpaired) electrons. The molecule has 0 bridgehead atoms. The van der Waals surface area contributed by atoms with Crippen LogP contribution in [0.3, 0.4) is 0 Å². The Morgan fingerprint density at radius 1 is 1.10 bits per heavy atom. The number of hydrogen-bond donors (Lipinski definition) is 1. The molecule has 5 nitrogen and oxygen atoms in total. The lowest BCUT2D eigenvalue weighted by molar-refractivity contribution is -0.159. The van der Waals surface area contributed by atoms with Gasteiger partial charge < -0.3 is 9.84 Å². The maximum Gasteiger partial charge on any atom is 0.283 e. The second-order valence-corrected chi connectivity index (χ2v) is 8.09. The van der Waals surface area contributed by atoms with Crippen molar-refractivity contribution in [3.8, 4) is 5.75 Å². The molecule has 2 aromatic rings. The Morgan fingerprint density at radius 3 is 2.48 bits per heavy atom. The third-order valence-corrected chi connectivity index (χ3v) is 5.91. The summed E-state index contributed by atoms with van der Waals surface area (Å²) < 4.78 is 5.72. The van der Waals surface area contributed by atoms with Gasteiger partial charge in [0.1, 0.15) is 5.75 Å². The summed E-state index contributed by atoms with van der Waals surface area (Å²) in [6, 6.07) is 17.2. The second kappa shape index (κ2) is 8.37. The molecule has 29 heavy (non-hydrogen) atoms. The van der Waals surface area contributed by atoms with Crippen molar-refractivity contribution in [2.24, 2.45) is 5.10 Å². The zero-order valence-corrected chi connectivity index (χ0v) is 16.9. The van der Waals surface area contributed by atoms with Crippen LogP contribution in [0.5, 0.6) is 5.75 Å². The maximum absolute atomic E-state index is 12.8. The molecule has 0 aromatic heterocycles. The molecule has 1 amide bonds. The molecule has 2 aromatic carbocycles. The van der Waals surface area contributed by atoms with Crippen LogP contribution >= 0.6 is 0 Å². The van der Waals surface area contributed by atoms with Crippen molar-refractivity contribution in [1.29, 1.82) is 0 Å². The zero-order valence-electron chi connectivity index (χ0n) is 16.9. The van der Waals surface area contributed by atoms with E-state index >= 15 is 0 Å². The summed E-state index contributed by atoms with van der Waals surface area (Å²) in [4.78, 5) is 12.8. The lowest BCUT2D eigenvalue weighted by Crippen LogP contribution is -2.45. The first-order chi connectivity index (χ1) is 14.1. The normalized spacial score (nSPS) is 22.4. The molecule has 1 saturated carbocycles. The molecule has 4 rings (SSSR count). The molecule has 0 unspecified atom stereocenters. The van der Waals surface area contributed by atoms with E-state index in [1.54, 1.807) is 12.1 Å². The van der Waals surface area contributed by atoms with Gasteiger partial charge in [0.2, 0.25) is 0 Å². The summed E-state index contributed by atoms with van der Waals surface area (Å²) in [5, 5.41) is 16.6. The summed E-state index contributed by atoms with van der Waals surface area (Å²) in [7, 11) is 0. The minimum Gasteiger partial charge on any atom is -0.484 e. The fourth-order valence-electron chi connectivity index (χ4n) is 4.39. The third-order valence-electron chi connectivity index (χ3n) is 5.91. The number of carbonyl (C=O) groups excluding carboxylic acids is 1. The monoisotopic (exact) mass is 392 g/mol. The summed E-state index contributed by atoms with van der Waals surface area (Å²) >= 11 is 0. The average Bonchev–Trinajstić information content (AvgIpc) is 3.09. The molecule has 1 aliphatic heterocycles. The van der Waals surface area contributed by atoms with Crippen molar-refractivity contribution in [1.82, 2.24) is 5.01 Å². The van der Waals surface area contributed by atoms with Crippen molar-refractivity contribution in [3.05, 3.63) is 65.7 Å². The molecule has 1 heterocycles. The number of carbonyl (C=O) groups is 1. The van der Waals surface area contributed by atoms with Crippen LogP contribution in [0.15, 0.2) is 59.7 Å². The fraction of sp³-hybridized carbons (Fsp3) is 0.417. The summed E-state index contributed by atoms with van der Waals surface area (Å²) in [6.07, 6.45) is 6.74. The predicted molar refractivity (Wildman–Crippen MR) is 113 cm³/mol. The smallest absolute Gasteiger partial charge is 0.283 e. The lowest BCUT2D eigenvalue weighted by atomic mass is 9.84. The minimum absolute atomic E-state index is 0.172. The first-order valence-electron chi connectivity index (χ1n) is 10.4. The number of ether oxygens (including phenoxy) is 1. The van der Waals surface area contributed by atoms with E-state index in [0.717, 1.165) is 5.01 Å². The van der Waals surface area contributed by atoms with Crippen LogP contribution in [0.1, 0.15) is 62.5 Å². The molecule has 1 fully saturated rings. The quantitative estimate of drug-likeness (QED) is 0.811. The lowest BCUT2D eigenvalue weighted by Gasteiger charge is -2.31. The highest BCUT2D eigenvalue weighted by molar-refractivity contribution is 5.89. The van der Waals surface area contributed by atoms with E-state index in [-0.39, 0.29) is 12.5 Å². The molecule has 5 heteroatoms.